The standard InChI is InChI=1S/C30H33FN4O8/c1-7-30(40)20-9-23-25-18(12-35(23)26(37)19(20)13-41-27(30)38)17(16-8-15(2)21(31)10-22(16)33-25)11-32-24(36)14-42-34(6)28(39)43-29(3,4)5/h8-10,40H,7,11-14H2,1-6H3,(H,32,36)/t30-/m0/s1. The molecule has 2 aliphatic heterocycles. The number of hydrogen-bond donors (Lipinski definition) is 2. The number of carbonyl (C=O) groups is 3. The number of nitrogens with one attached hydrogen (secondary N) is 1. The molecule has 12 nitrogen and oxygen atoms in total. The molecule has 2 amide bonds. The van der Waals surface area contributed by atoms with Gasteiger partial charge in [0.1, 0.15) is 18.0 Å². The number of fused-ring (bicyclic) bond motifs is 5. The molecule has 4 heterocycles. The summed E-state index contributed by atoms with van der Waals surface area (Å²) in [4.78, 5) is 60.9. The lowest BCUT2D eigenvalue weighted by atomic mass is 9.86. The minimum Gasteiger partial charge on any atom is -0.458 e. The molecule has 2 aromatic heterocycles. The highest BCUT2D eigenvalue weighted by atomic mass is 19.1. The van der Waals surface area contributed by atoms with Gasteiger partial charge in [0.15, 0.2) is 12.2 Å². The fourth-order valence-corrected chi connectivity index (χ4v) is 5.27. The van der Waals surface area contributed by atoms with Gasteiger partial charge in [-0.1, -0.05) is 6.92 Å². The van der Waals surface area contributed by atoms with Crippen molar-refractivity contribution in [3.05, 3.63) is 62.2 Å². The van der Waals surface area contributed by atoms with Crippen LogP contribution < -0.4 is 10.9 Å². The third-order valence-electron chi connectivity index (χ3n) is 7.59. The first-order chi connectivity index (χ1) is 20.1. The number of cyclic esters (lactones) is 1. The van der Waals surface area contributed by atoms with Crippen LogP contribution >= 0.6 is 0 Å². The Morgan fingerprint density at radius 2 is 1.95 bits per heavy atom. The number of hydrogen-bond acceptors (Lipinski definition) is 9. The van der Waals surface area contributed by atoms with Crippen LogP contribution in [-0.2, 0) is 49.2 Å². The number of pyridine rings is 2. The maximum Gasteiger partial charge on any atom is 0.434 e. The molecule has 0 radical (unpaired) electrons. The smallest absolute Gasteiger partial charge is 0.434 e. The van der Waals surface area contributed by atoms with Gasteiger partial charge in [-0.15, -0.1) is 0 Å². The van der Waals surface area contributed by atoms with Crippen LogP contribution in [0.4, 0.5) is 9.18 Å². The van der Waals surface area contributed by atoms with Crippen LogP contribution in [0.5, 0.6) is 0 Å². The first kappa shape index (κ1) is 30.1. The number of ether oxygens (including phenoxy) is 2. The molecule has 0 saturated heterocycles. The first-order valence-electron chi connectivity index (χ1n) is 13.8. The van der Waals surface area contributed by atoms with E-state index in [0.717, 1.165) is 5.06 Å². The fraction of sp³-hybridized carbons (Fsp3) is 0.433. The average molecular weight is 597 g/mol. The van der Waals surface area contributed by atoms with Crippen molar-refractivity contribution in [1.82, 2.24) is 19.9 Å². The quantitative estimate of drug-likeness (QED) is 0.253. The Balaban J connectivity index is 1.50. The van der Waals surface area contributed by atoms with Crippen molar-refractivity contribution in [2.45, 2.75) is 71.9 Å². The van der Waals surface area contributed by atoms with Crippen molar-refractivity contribution in [3.63, 3.8) is 0 Å². The van der Waals surface area contributed by atoms with Gasteiger partial charge in [0.05, 0.1) is 29.0 Å². The van der Waals surface area contributed by atoms with E-state index < -0.39 is 47.2 Å². The van der Waals surface area contributed by atoms with Crippen LogP contribution in [0, 0.1) is 12.7 Å². The number of aryl methyl sites for hydroxylation is 1. The fourth-order valence-electron chi connectivity index (χ4n) is 5.27. The van der Waals surface area contributed by atoms with E-state index in [1.807, 2.05) is 0 Å². The molecule has 2 N–H and O–H groups in total. The predicted molar refractivity (Wildman–Crippen MR) is 151 cm³/mol. The molecule has 5 rings (SSSR count). The van der Waals surface area contributed by atoms with Crippen LogP contribution in [0.15, 0.2) is 23.0 Å². The predicted octanol–water partition coefficient (Wildman–Crippen LogP) is 2.94. The highest BCUT2D eigenvalue weighted by Gasteiger charge is 2.45. The van der Waals surface area contributed by atoms with Crippen molar-refractivity contribution in [2.75, 3.05) is 13.7 Å². The molecule has 0 fully saturated rings. The monoisotopic (exact) mass is 596 g/mol. The molecule has 0 bridgehead atoms. The summed E-state index contributed by atoms with van der Waals surface area (Å²) in [6.45, 7) is 7.66. The number of esters is 1. The highest BCUT2D eigenvalue weighted by molar-refractivity contribution is 5.90. The maximum absolute atomic E-state index is 14.7. The number of rotatable bonds is 6. The third kappa shape index (κ3) is 5.34. The van der Waals surface area contributed by atoms with Gasteiger partial charge in [-0.2, -0.15) is 5.06 Å². The minimum atomic E-state index is -1.99. The number of aliphatic hydroxyl groups is 1. The molecular weight excluding hydrogens is 563 g/mol. The molecule has 0 spiro atoms. The van der Waals surface area contributed by atoms with E-state index in [-0.39, 0.29) is 37.2 Å². The lowest BCUT2D eigenvalue weighted by Gasteiger charge is -2.31. The Morgan fingerprint density at radius 3 is 2.63 bits per heavy atom. The molecule has 13 heteroatoms. The summed E-state index contributed by atoms with van der Waals surface area (Å²) < 4.78 is 26.5. The number of carbonyl (C=O) groups excluding carboxylic acids is 3. The number of benzene rings is 1. The SMILES string of the molecule is CC[C@@]1(O)C(=O)OCc2c1cc1n(c2=O)Cc2c-1nc1cc(F)c(C)cc1c2CNC(=O)CON(C)C(=O)OC(C)(C)C. The zero-order valence-corrected chi connectivity index (χ0v) is 24.8. The second-order valence-corrected chi connectivity index (χ2v) is 11.7. The van der Waals surface area contributed by atoms with Crippen molar-refractivity contribution >= 4 is 28.9 Å². The first-order valence-corrected chi connectivity index (χ1v) is 13.8. The molecule has 0 aliphatic carbocycles. The van der Waals surface area contributed by atoms with Gasteiger partial charge in [-0.25, -0.2) is 19.0 Å². The molecule has 0 unspecified atom stereocenters. The Labute approximate surface area is 246 Å². The molecule has 1 aromatic carbocycles. The van der Waals surface area contributed by atoms with Crippen molar-refractivity contribution < 1.29 is 38.2 Å². The Bertz CT molecular complexity index is 1750. The normalized spacial score (nSPS) is 17.2. The molecule has 1 atom stereocenters. The summed E-state index contributed by atoms with van der Waals surface area (Å²) in [5.74, 6) is -1.85. The van der Waals surface area contributed by atoms with Gasteiger partial charge < -0.3 is 24.5 Å². The van der Waals surface area contributed by atoms with Crippen molar-refractivity contribution in [2.24, 2.45) is 0 Å². The van der Waals surface area contributed by atoms with Crippen molar-refractivity contribution in [3.8, 4) is 11.4 Å². The molecular formula is C30H33FN4O8. The van der Waals surface area contributed by atoms with Crippen LogP contribution in [-0.4, -0.2) is 56.9 Å². The van der Waals surface area contributed by atoms with E-state index in [1.165, 1.54) is 17.7 Å². The van der Waals surface area contributed by atoms with E-state index in [2.05, 4.69) is 10.3 Å². The Kier molecular flexibility index (Phi) is 7.51. The summed E-state index contributed by atoms with van der Waals surface area (Å²) in [7, 11) is 1.33. The zero-order valence-electron chi connectivity index (χ0n) is 24.8. The summed E-state index contributed by atoms with van der Waals surface area (Å²) in [5, 5.41) is 15.3. The van der Waals surface area contributed by atoms with Crippen LogP contribution in [0.1, 0.15) is 61.9 Å². The molecule has 228 valence electrons. The number of halogens is 1. The second-order valence-electron chi connectivity index (χ2n) is 11.7. The van der Waals surface area contributed by atoms with E-state index in [4.69, 9.17) is 14.3 Å². The molecule has 0 saturated carbocycles. The van der Waals surface area contributed by atoms with Gasteiger partial charge in [-0.05, 0) is 57.4 Å². The Morgan fingerprint density at radius 1 is 1.23 bits per heavy atom. The van der Waals surface area contributed by atoms with E-state index >= 15 is 0 Å². The molecule has 43 heavy (non-hydrogen) atoms. The average Bonchev–Trinajstić information content (AvgIpc) is 3.30. The minimum absolute atomic E-state index is 0.00725. The highest BCUT2D eigenvalue weighted by Crippen LogP contribution is 2.40. The van der Waals surface area contributed by atoms with Crippen LogP contribution in [0.2, 0.25) is 0 Å². The summed E-state index contributed by atoms with van der Waals surface area (Å²) in [5.41, 5.74) is -0.203. The number of amides is 2. The third-order valence-corrected chi connectivity index (χ3v) is 7.59. The second kappa shape index (κ2) is 10.7. The lowest BCUT2D eigenvalue weighted by molar-refractivity contribution is -0.172. The summed E-state index contributed by atoms with van der Waals surface area (Å²) >= 11 is 0. The largest absolute Gasteiger partial charge is 0.458 e. The number of aromatic nitrogens is 2. The van der Waals surface area contributed by atoms with E-state index in [1.54, 1.807) is 46.8 Å². The molecule has 3 aromatic rings. The Hall–Kier alpha value is -4.36. The molecule has 2 aliphatic rings. The van der Waals surface area contributed by atoms with E-state index in [0.29, 0.717) is 39.0 Å². The van der Waals surface area contributed by atoms with Crippen molar-refractivity contribution in [1.29, 1.82) is 0 Å². The topological polar surface area (TPSA) is 149 Å². The van der Waals surface area contributed by atoms with Crippen LogP contribution in [0.3, 0.4) is 0 Å². The lowest BCUT2D eigenvalue weighted by Crippen LogP contribution is -2.44. The van der Waals surface area contributed by atoms with Gasteiger partial charge in [0.2, 0.25) is 5.91 Å². The van der Waals surface area contributed by atoms with Crippen LogP contribution in [0.25, 0.3) is 22.3 Å². The van der Waals surface area contributed by atoms with Gasteiger partial charge in [-0.3, -0.25) is 14.4 Å². The van der Waals surface area contributed by atoms with Gasteiger partial charge in [0.25, 0.3) is 5.56 Å². The van der Waals surface area contributed by atoms with Gasteiger partial charge in [0, 0.05) is 36.2 Å². The summed E-state index contributed by atoms with van der Waals surface area (Å²) in [6.07, 6.45) is -0.768. The van der Waals surface area contributed by atoms with E-state index in [9.17, 15) is 28.7 Å². The zero-order chi connectivity index (χ0) is 31.4. The van der Waals surface area contributed by atoms with Gasteiger partial charge >= 0.3 is 12.1 Å². The number of nitrogens with zero attached hydrogens (tertiary/aromatic N) is 3. The number of hydroxylamine groups is 2. The summed E-state index contributed by atoms with van der Waals surface area (Å²) in [6, 6.07) is 4.48. The maximum atomic E-state index is 14.7.